The Morgan fingerprint density at radius 2 is 1.42 bits per heavy atom. The van der Waals surface area contributed by atoms with Gasteiger partial charge in [-0.3, -0.25) is 10.6 Å². The van der Waals surface area contributed by atoms with Crippen LogP contribution in [0.1, 0.15) is 18.1 Å². The summed E-state index contributed by atoms with van der Waals surface area (Å²) in [7, 11) is 0. The van der Waals surface area contributed by atoms with Crippen molar-refractivity contribution in [1.29, 1.82) is 0 Å². The molecule has 5 heteroatoms. The first-order valence-electron chi connectivity index (χ1n) is 8.04. The van der Waals surface area contributed by atoms with Crippen molar-refractivity contribution in [3.8, 4) is 0 Å². The maximum Gasteiger partial charge on any atom is 0.332 e. The van der Waals surface area contributed by atoms with Gasteiger partial charge >= 0.3 is 5.97 Å². The quantitative estimate of drug-likeness (QED) is 0.584. The third-order valence-corrected chi connectivity index (χ3v) is 3.65. The predicted molar refractivity (Wildman–Crippen MR) is 93.4 cm³/mol. The Bertz CT molecular complexity index is 561. The second kappa shape index (κ2) is 9.82. The Morgan fingerprint density at radius 3 is 1.83 bits per heavy atom. The second-order valence-electron chi connectivity index (χ2n) is 5.60. The van der Waals surface area contributed by atoms with Crippen LogP contribution in [0.2, 0.25) is 0 Å². The highest BCUT2D eigenvalue weighted by Crippen LogP contribution is 2.01. The number of rotatable bonds is 10. The van der Waals surface area contributed by atoms with Crippen LogP contribution in [0.25, 0.3) is 0 Å². The van der Waals surface area contributed by atoms with Gasteiger partial charge in [-0.1, -0.05) is 60.7 Å². The van der Waals surface area contributed by atoms with Gasteiger partial charge in [-0.05, 0) is 18.1 Å². The van der Waals surface area contributed by atoms with E-state index in [0.717, 1.165) is 11.1 Å². The summed E-state index contributed by atoms with van der Waals surface area (Å²) >= 11 is 0. The topological polar surface area (TPSA) is 70.6 Å². The summed E-state index contributed by atoms with van der Waals surface area (Å²) in [5, 5.41) is 15.7. The van der Waals surface area contributed by atoms with Crippen LogP contribution in [0.15, 0.2) is 60.7 Å². The molecule has 2 rings (SSSR count). The van der Waals surface area contributed by atoms with Crippen LogP contribution < -0.4 is 10.6 Å². The molecule has 0 fully saturated rings. The van der Waals surface area contributed by atoms with E-state index in [0.29, 0.717) is 13.1 Å². The van der Waals surface area contributed by atoms with Crippen LogP contribution in [-0.4, -0.2) is 30.0 Å². The molecule has 0 aromatic heterocycles. The zero-order valence-electron chi connectivity index (χ0n) is 13.8. The Morgan fingerprint density at radius 1 is 0.958 bits per heavy atom. The van der Waals surface area contributed by atoms with Crippen LogP contribution in [0.5, 0.6) is 0 Å². The van der Waals surface area contributed by atoms with Gasteiger partial charge in [-0.25, -0.2) is 4.79 Å². The van der Waals surface area contributed by atoms with Crippen molar-refractivity contribution in [3.05, 3.63) is 71.8 Å². The van der Waals surface area contributed by atoms with Gasteiger partial charge in [-0.2, -0.15) is 0 Å². The molecule has 0 spiro atoms. The average molecular weight is 328 g/mol. The molecule has 0 saturated carbocycles. The first-order chi connectivity index (χ1) is 11.6. The highest BCUT2D eigenvalue weighted by atomic mass is 16.5. The number of benzene rings is 2. The van der Waals surface area contributed by atoms with Crippen molar-refractivity contribution in [2.24, 2.45) is 0 Å². The molecule has 3 N–H and O–H groups in total. The third-order valence-electron chi connectivity index (χ3n) is 3.65. The second-order valence-corrected chi connectivity index (χ2v) is 5.60. The number of carbonyl (C=O) groups is 1. The van der Waals surface area contributed by atoms with Crippen molar-refractivity contribution in [2.75, 3.05) is 6.61 Å². The molecule has 1 unspecified atom stereocenters. The first kappa shape index (κ1) is 18.1. The van der Waals surface area contributed by atoms with Gasteiger partial charge in [0.25, 0.3) is 0 Å². The molecule has 0 radical (unpaired) electrons. The molecule has 0 aliphatic carbocycles. The highest BCUT2D eigenvalue weighted by molar-refractivity contribution is 5.71. The summed E-state index contributed by atoms with van der Waals surface area (Å²) < 4.78 is 5.42. The molecular weight excluding hydrogens is 304 g/mol. The third kappa shape index (κ3) is 6.50. The maximum absolute atomic E-state index is 10.9. The largest absolute Gasteiger partial charge is 0.479 e. The van der Waals surface area contributed by atoms with Gasteiger partial charge in [0, 0.05) is 13.1 Å². The number of carboxylic acid groups (broad SMARTS) is 1. The van der Waals surface area contributed by atoms with E-state index >= 15 is 0 Å². The smallest absolute Gasteiger partial charge is 0.332 e. The molecule has 24 heavy (non-hydrogen) atoms. The first-order valence-corrected chi connectivity index (χ1v) is 8.04. The summed E-state index contributed by atoms with van der Waals surface area (Å²) in [4.78, 5) is 10.9. The van der Waals surface area contributed by atoms with E-state index in [-0.39, 0.29) is 12.8 Å². The van der Waals surface area contributed by atoms with Crippen LogP contribution in [-0.2, 0) is 22.6 Å². The normalized spacial score (nSPS) is 12.2. The van der Waals surface area contributed by atoms with E-state index in [2.05, 4.69) is 10.6 Å². The van der Waals surface area contributed by atoms with E-state index in [9.17, 15) is 4.79 Å². The lowest BCUT2D eigenvalue weighted by Gasteiger charge is -2.22. The van der Waals surface area contributed by atoms with Gasteiger partial charge < -0.3 is 9.84 Å². The van der Waals surface area contributed by atoms with E-state index in [4.69, 9.17) is 9.84 Å². The SMILES string of the molecule is CC(OCC(NCc1ccccc1)NCc1ccccc1)C(=O)O. The summed E-state index contributed by atoms with van der Waals surface area (Å²) in [5.41, 5.74) is 2.32. The van der Waals surface area contributed by atoms with E-state index in [1.54, 1.807) is 0 Å². The molecule has 0 aliphatic heterocycles. The molecule has 1 atom stereocenters. The van der Waals surface area contributed by atoms with Crippen molar-refractivity contribution in [1.82, 2.24) is 10.6 Å². The van der Waals surface area contributed by atoms with Crippen LogP contribution in [0.3, 0.4) is 0 Å². The van der Waals surface area contributed by atoms with Gasteiger partial charge in [-0.15, -0.1) is 0 Å². The lowest BCUT2D eigenvalue weighted by molar-refractivity contribution is -0.149. The minimum absolute atomic E-state index is 0.146. The summed E-state index contributed by atoms with van der Waals surface area (Å²) in [6.07, 6.45) is -0.975. The summed E-state index contributed by atoms with van der Waals surface area (Å²) in [6, 6.07) is 20.1. The van der Waals surface area contributed by atoms with Gasteiger partial charge in [0.05, 0.1) is 12.8 Å². The average Bonchev–Trinajstić information content (AvgIpc) is 2.62. The van der Waals surface area contributed by atoms with Crippen molar-refractivity contribution in [2.45, 2.75) is 32.3 Å². The Labute approximate surface area is 142 Å². The monoisotopic (exact) mass is 328 g/mol. The molecule has 128 valence electrons. The minimum atomic E-state index is -0.958. The molecule has 0 saturated heterocycles. The zero-order valence-corrected chi connectivity index (χ0v) is 13.8. The van der Waals surface area contributed by atoms with Crippen LogP contribution in [0.4, 0.5) is 0 Å². The Balaban J connectivity index is 1.88. The standard InChI is InChI=1S/C19H24N2O3/c1-15(19(22)23)24-14-18(20-12-16-8-4-2-5-9-16)21-13-17-10-6-3-7-11-17/h2-11,15,18,20-21H,12-14H2,1H3,(H,22,23). The number of nitrogens with one attached hydrogen (secondary N) is 2. The van der Waals surface area contributed by atoms with E-state index < -0.39 is 12.1 Å². The number of ether oxygens (including phenoxy) is 1. The van der Waals surface area contributed by atoms with Gasteiger partial charge in [0.1, 0.15) is 0 Å². The number of hydrogen-bond acceptors (Lipinski definition) is 4. The lowest BCUT2D eigenvalue weighted by Crippen LogP contribution is -2.46. The van der Waals surface area contributed by atoms with Crippen LogP contribution in [0, 0.1) is 0 Å². The lowest BCUT2D eigenvalue weighted by atomic mass is 10.2. The van der Waals surface area contributed by atoms with E-state index in [1.165, 1.54) is 6.92 Å². The fourth-order valence-electron chi connectivity index (χ4n) is 2.18. The summed E-state index contributed by atoms with van der Waals surface area (Å²) in [5.74, 6) is -0.958. The fourth-order valence-corrected chi connectivity index (χ4v) is 2.18. The van der Waals surface area contributed by atoms with Crippen molar-refractivity contribution in [3.63, 3.8) is 0 Å². The molecule has 0 bridgehead atoms. The van der Waals surface area contributed by atoms with E-state index in [1.807, 2.05) is 60.7 Å². The molecule has 0 aliphatic rings. The summed E-state index contributed by atoms with van der Waals surface area (Å²) in [6.45, 7) is 3.16. The molecule has 2 aromatic carbocycles. The zero-order chi connectivity index (χ0) is 17.2. The molecular formula is C19H24N2O3. The highest BCUT2D eigenvalue weighted by Gasteiger charge is 2.15. The number of aliphatic carboxylic acids is 1. The predicted octanol–water partition coefficient (Wildman–Crippen LogP) is 2.38. The molecule has 2 aromatic rings. The Hall–Kier alpha value is -2.21. The molecule has 5 nitrogen and oxygen atoms in total. The van der Waals surface area contributed by atoms with Crippen LogP contribution >= 0.6 is 0 Å². The van der Waals surface area contributed by atoms with Gasteiger partial charge in [0.15, 0.2) is 6.10 Å². The molecule has 0 heterocycles. The van der Waals surface area contributed by atoms with Crippen molar-refractivity contribution >= 4 is 5.97 Å². The van der Waals surface area contributed by atoms with Gasteiger partial charge in [0.2, 0.25) is 0 Å². The minimum Gasteiger partial charge on any atom is -0.479 e. The fraction of sp³-hybridized carbons (Fsp3) is 0.316. The van der Waals surface area contributed by atoms with Crippen molar-refractivity contribution < 1.29 is 14.6 Å². The Kier molecular flexibility index (Phi) is 7.42. The number of carboxylic acids is 1. The molecule has 0 amide bonds. The maximum atomic E-state index is 10.9. The number of hydrogen-bond donors (Lipinski definition) is 3.